The second-order valence-corrected chi connectivity index (χ2v) is 5.88. The summed E-state index contributed by atoms with van der Waals surface area (Å²) in [6, 6.07) is 16.2. The average Bonchev–Trinajstić information content (AvgIpc) is 2.46. The maximum atomic E-state index is 9.99. The second-order valence-electron chi connectivity index (χ2n) is 4.96. The minimum absolute atomic E-state index is 0.148. The monoisotopic (exact) mass is 333 g/mol. The lowest BCUT2D eigenvalue weighted by atomic mass is 10.0. The van der Waals surface area contributed by atoms with Crippen LogP contribution >= 0.6 is 15.9 Å². The first-order valence-corrected chi connectivity index (χ1v) is 7.70. The Morgan fingerprint density at radius 2 is 1.75 bits per heavy atom. The van der Waals surface area contributed by atoms with Gasteiger partial charge in [0, 0.05) is 22.1 Å². The lowest BCUT2D eigenvalue weighted by molar-refractivity contribution is 0.419. The van der Waals surface area contributed by atoms with Gasteiger partial charge < -0.3 is 10.4 Å². The predicted octanol–water partition coefficient (Wildman–Crippen LogP) is 4.96. The zero-order valence-electron chi connectivity index (χ0n) is 11.8. The smallest absolute Gasteiger partial charge is 0.120 e. The number of rotatable bonds is 5. The van der Waals surface area contributed by atoms with Crippen LogP contribution in [0.2, 0.25) is 0 Å². The topological polar surface area (TPSA) is 32.3 Å². The van der Waals surface area contributed by atoms with Crippen LogP contribution in [-0.2, 0) is 0 Å². The molecule has 0 spiro atoms. The summed E-state index contributed by atoms with van der Waals surface area (Å²) in [5, 5.41) is 13.6. The molecule has 2 atom stereocenters. The Bertz CT molecular complexity index is 553. The van der Waals surface area contributed by atoms with Gasteiger partial charge >= 0.3 is 0 Å². The van der Waals surface area contributed by atoms with E-state index in [1.165, 1.54) is 5.56 Å². The molecule has 1 unspecified atom stereocenters. The highest BCUT2D eigenvalue weighted by Crippen LogP contribution is 2.28. The van der Waals surface area contributed by atoms with Crippen LogP contribution in [0.25, 0.3) is 0 Å². The summed E-state index contributed by atoms with van der Waals surface area (Å²) < 4.78 is 1.08. The van der Waals surface area contributed by atoms with E-state index in [1.807, 2.05) is 18.2 Å². The zero-order valence-corrected chi connectivity index (χ0v) is 13.4. The van der Waals surface area contributed by atoms with Gasteiger partial charge in [0.25, 0.3) is 0 Å². The van der Waals surface area contributed by atoms with Crippen LogP contribution < -0.4 is 5.32 Å². The molecule has 0 aliphatic carbocycles. The molecule has 3 heteroatoms. The molecule has 0 saturated carbocycles. The lowest BCUT2D eigenvalue weighted by Gasteiger charge is -2.23. The highest BCUT2D eigenvalue weighted by Gasteiger charge is 2.16. The number of phenolic OH excluding ortho intramolecular Hbond substituents is 1. The Morgan fingerprint density at radius 3 is 2.35 bits per heavy atom. The first-order chi connectivity index (χ1) is 9.61. The van der Waals surface area contributed by atoms with E-state index in [-0.39, 0.29) is 12.1 Å². The van der Waals surface area contributed by atoms with Crippen LogP contribution in [0.1, 0.15) is 43.5 Å². The summed E-state index contributed by atoms with van der Waals surface area (Å²) in [6.07, 6.45) is 0.929. The Kier molecular flexibility index (Phi) is 5.21. The Hall–Kier alpha value is -1.32. The van der Waals surface area contributed by atoms with Gasteiger partial charge in [-0.15, -0.1) is 0 Å². The summed E-state index contributed by atoms with van der Waals surface area (Å²) in [4.78, 5) is 0. The minimum Gasteiger partial charge on any atom is -0.508 e. The first kappa shape index (κ1) is 15.1. The SMILES string of the molecule is CCC(N[C@H](C)c1ccc(Br)cc1)c1ccccc1O. The molecule has 106 valence electrons. The third kappa shape index (κ3) is 3.62. The number of halogens is 1. The van der Waals surface area contributed by atoms with Crippen LogP contribution in [0.15, 0.2) is 53.0 Å². The van der Waals surface area contributed by atoms with Crippen LogP contribution in [0.5, 0.6) is 5.75 Å². The van der Waals surface area contributed by atoms with Gasteiger partial charge in [0.05, 0.1) is 0 Å². The van der Waals surface area contributed by atoms with E-state index in [4.69, 9.17) is 0 Å². The quantitative estimate of drug-likeness (QED) is 0.810. The van der Waals surface area contributed by atoms with E-state index in [2.05, 4.69) is 59.4 Å². The maximum absolute atomic E-state index is 9.99. The van der Waals surface area contributed by atoms with Gasteiger partial charge in [-0.1, -0.05) is 53.2 Å². The van der Waals surface area contributed by atoms with E-state index in [0.717, 1.165) is 16.5 Å². The average molecular weight is 334 g/mol. The van der Waals surface area contributed by atoms with Gasteiger partial charge in [-0.3, -0.25) is 0 Å². The maximum Gasteiger partial charge on any atom is 0.120 e. The molecule has 2 N–H and O–H groups in total. The normalized spacial score (nSPS) is 13.9. The van der Waals surface area contributed by atoms with Crippen molar-refractivity contribution in [2.24, 2.45) is 0 Å². The van der Waals surface area contributed by atoms with Crippen LogP contribution in [-0.4, -0.2) is 5.11 Å². The molecule has 20 heavy (non-hydrogen) atoms. The standard InChI is InChI=1S/C17H20BrNO/c1-3-16(15-6-4-5-7-17(15)20)19-12(2)13-8-10-14(18)11-9-13/h4-12,16,19-20H,3H2,1-2H3/t12-,16?/m1/s1. The van der Waals surface area contributed by atoms with E-state index >= 15 is 0 Å². The van der Waals surface area contributed by atoms with Gasteiger partial charge in [0.1, 0.15) is 5.75 Å². The molecule has 0 heterocycles. The fourth-order valence-electron chi connectivity index (χ4n) is 2.36. The van der Waals surface area contributed by atoms with Crippen LogP contribution in [0.4, 0.5) is 0 Å². The predicted molar refractivity (Wildman–Crippen MR) is 86.8 cm³/mol. The van der Waals surface area contributed by atoms with Gasteiger partial charge in [0.15, 0.2) is 0 Å². The summed E-state index contributed by atoms with van der Waals surface area (Å²) in [5.74, 6) is 0.356. The number of phenols is 1. The van der Waals surface area contributed by atoms with Crippen molar-refractivity contribution in [3.63, 3.8) is 0 Å². The lowest BCUT2D eigenvalue weighted by Crippen LogP contribution is -2.24. The van der Waals surface area contributed by atoms with Crippen molar-refractivity contribution < 1.29 is 5.11 Å². The second kappa shape index (κ2) is 6.91. The van der Waals surface area contributed by atoms with Crippen molar-refractivity contribution in [2.75, 3.05) is 0 Å². The van der Waals surface area contributed by atoms with Crippen LogP contribution in [0, 0.1) is 0 Å². The van der Waals surface area contributed by atoms with Crippen LogP contribution in [0.3, 0.4) is 0 Å². The molecule has 0 aliphatic heterocycles. The number of aromatic hydroxyl groups is 1. The molecular weight excluding hydrogens is 314 g/mol. The highest BCUT2D eigenvalue weighted by molar-refractivity contribution is 9.10. The molecule has 2 nitrogen and oxygen atoms in total. The largest absolute Gasteiger partial charge is 0.508 e. The van der Waals surface area contributed by atoms with E-state index in [0.29, 0.717) is 5.75 Å². The molecule has 0 aromatic heterocycles. The van der Waals surface area contributed by atoms with E-state index in [1.54, 1.807) is 6.07 Å². The summed E-state index contributed by atoms with van der Waals surface area (Å²) >= 11 is 3.45. The van der Waals surface area contributed by atoms with Crippen molar-refractivity contribution in [3.8, 4) is 5.75 Å². The molecule has 0 bridgehead atoms. The number of para-hydroxylation sites is 1. The Balaban J connectivity index is 2.14. The zero-order chi connectivity index (χ0) is 14.5. The van der Waals surface area contributed by atoms with Crippen molar-refractivity contribution >= 4 is 15.9 Å². The van der Waals surface area contributed by atoms with Crippen molar-refractivity contribution in [2.45, 2.75) is 32.4 Å². The van der Waals surface area contributed by atoms with Gasteiger partial charge in [-0.25, -0.2) is 0 Å². The van der Waals surface area contributed by atoms with Crippen molar-refractivity contribution in [1.82, 2.24) is 5.32 Å². The molecule has 2 aromatic rings. The van der Waals surface area contributed by atoms with Crippen molar-refractivity contribution in [1.29, 1.82) is 0 Å². The number of nitrogens with one attached hydrogen (secondary N) is 1. The molecule has 2 aromatic carbocycles. The molecule has 0 fully saturated rings. The number of hydrogen-bond donors (Lipinski definition) is 2. The summed E-state index contributed by atoms with van der Waals surface area (Å²) in [5.41, 5.74) is 2.20. The first-order valence-electron chi connectivity index (χ1n) is 6.91. The number of hydrogen-bond acceptors (Lipinski definition) is 2. The fourth-order valence-corrected chi connectivity index (χ4v) is 2.62. The summed E-state index contributed by atoms with van der Waals surface area (Å²) in [7, 11) is 0. The third-order valence-electron chi connectivity index (χ3n) is 3.54. The van der Waals surface area contributed by atoms with E-state index in [9.17, 15) is 5.11 Å². The van der Waals surface area contributed by atoms with E-state index < -0.39 is 0 Å². The van der Waals surface area contributed by atoms with Gasteiger partial charge in [-0.2, -0.15) is 0 Å². The van der Waals surface area contributed by atoms with Gasteiger partial charge in [0.2, 0.25) is 0 Å². The highest BCUT2D eigenvalue weighted by atomic mass is 79.9. The third-order valence-corrected chi connectivity index (χ3v) is 4.07. The fraction of sp³-hybridized carbons (Fsp3) is 0.294. The molecule has 0 aliphatic rings. The molecule has 0 amide bonds. The van der Waals surface area contributed by atoms with Gasteiger partial charge in [-0.05, 0) is 37.1 Å². The molecular formula is C17H20BrNO. The Morgan fingerprint density at radius 1 is 1.10 bits per heavy atom. The summed E-state index contributed by atoms with van der Waals surface area (Å²) in [6.45, 7) is 4.27. The molecule has 2 rings (SSSR count). The molecule has 0 radical (unpaired) electrons. The minimum atomic E-state index is 0.148. The molecule has 0 saturated heterocycles. The van der Waals surface area contributed by atoms with Crippen molar-refractivity contribution in [3.05, 3.63) is 64.1 Å². The number of benzene rings is 2. The Labute approximate surface area is 129 Å².